The molecule has 0 atom stereocenters. The number of methoxy groups -OCH3 is 2. The molecule has 0 spiro atoms. The first kappa shape index (κ1) is 22.9. The van der Waals surface area contributed by atoms with Gasteiger partial charge in [0.1, 0.15) is 11.5 Å². The van der Waals surface area contributed by atoms with E-state index in [0.29, 0.717) is 5.75 Å². The highest BCUT2D eigenvalue weighted by Gasteiger charge is 2.16. The van der Waals surface area contributed by atoms with Gasteiger partial charge in [0.05, 0.1) is 14.2 Å². The first-order chi connectivity index (χ1) is 14.1. The molecular formula is C22H29NO5S. The van der Waals surface area contributed by atoms with Crippen LogP contribution in [0.2, 0.25) is 0 Å². The van der Waals surface area contributed by atoms with Gasteiger partial charge >= 0.3 is 5.97 Å². The number of aromatic nitrogens is 1. The molecule has 29 heavy (non-hydrogen) atoms. The Bertz CT molecular complexity index is 802. The van der Waals surface area contributed by atoms with Crippen molar-refractivity contribution in [3.8, 4) is 11.5 Å². The van der Waals surface area contributed by atoms with E-state index in [1.54, 1.807) is 13.2 Å². The molecule has 7 heteroatoms. The Kier molecular flexibility index (Phi) is 9.64. The molecule has 0 amide bonds. The predicted molar refractivity (Wildman–Crippen MR) is 113 cm³/mol. The summed E-state index contributed by atoms with van der Waals surface area (Å²) in [5.41, 5.74) is 1.27. The number of esters is 1. The molecular weight excluding hydrogens is 390 g/mol. The van der Waals surface area contributed by atoms with Crippen LogP contribution in [0.5, 0.6) is 11.5 Å². The zero-order valence-corrected chi connectivity index (χ0v) is 18.2. The molecule has 0 unspecified atom stereocenters. The number of Topliss-reactive ketones (excluding diaryl/α,β-unsaturated/α-hetero) is 1. The Morgan fingerprint density at radius 3 is 2.55 bits per heavy atom. The van der Waals surface area contributed by atoms with Crippen LogP contribution >= 0.6 is 11.3 Å². The fourth-order valence-corrected chi connectivity index (χ4v) is 3.64. The summed E-state index contributed by atoms with van der Waals surface area (Å²) < 4.78 is 15.7. The summed E-state index contributed by atoms with van der Waals surface area (Å²) in [6.07, 6.45) is 8.45. The van der Waals surface area contributed by atoms with Gasteiger partial charge in [0.2, 0.25) is 5.78 Å². The van der Waals surface area contributed by atoms with Crippen molar-refractivity contribution >= 4 is 23.1 Å². The van der Waals surface area contributed by atoms with Gasteiger partial charge in [-0.15, -0.1) is 11.3 Å². The second kappa shape index (κ2) is 12.2. The van der Waals surface area contributed by atoms with E-state index in [1.807, 2.05) is 12.1 Å². The summed E-state index contributed by atoms with van der Waals surface area (Å²) in [6.45, 7) is 2.06. The highest BCUT2D eigenvalue weighted by Crippen LogP contribution is 2.26. The summed E-state index contributed by atoms with van der Waals surface area (Å²) >= 11 is 1.10. The number of benzene rings is 1. The maximum absolute atomic E-state index is 12.3. The second-order valence-electron chi connectivity index (χ2n) is 6.73. The van der Waals surface area contributed by atoms with Gasteiger partial charge in [0.25, 0.3) is 0 Å². The number of unbranched alkanes of at least 4 members (excludes halogenated alkanes) is 5. The van der Waals surface area contributed by atoms with E-state index >= 15 is 0 Å². The Morgan fingerprint density at radius 1 is 1.07 bits per heavy atom. The second-order valence-corrected chi connectivity index (χ2v) is 7.59. The summed E-state index contributed by atoms with van der Waals surface area (Å²) in [4.78, 5) is 27.7. The number of carbonyl (C=O) groups excluding carboxylic acids is 2. The molecule has 1 heterocycles. The molecule has 6 nitrogen and oxygen atoms in total. The molecule has 0 aliphatic carbocycles. The lowest BCUT2D eigenvalue weighted by Crippen LogP contribution is -2.12. The van der Waals surface area contributed by atoms with E-state index in [4.69, 9.17) is 9.47 Å². The minimum absolute atomic E-state index is 0.126. The Morgan fingerprint density at radius 2 is 1.83 bits per heavy atom. The predicted octanol–water partition coefficient (Wildman–Crippen LogP) is 5.10. The van der Waals surface area contributed by atoms with Crippen LogP contribution in [0, 0.1) is 0 Å². The van der Waals surface area contributed by atoms with Gasteiger partial charge in [-0.2, -0.15) is 0 Å². The van der Waals surface area contributed by atoms with Gasteiger partial charge in [-0.25, -0.2) is 9.78 Å². The number of thiazole rings is 1. The third-order valence-electron chi connectivity index (χ3n) is 4.57. The van der Waals surface area contributed by atoms with Crippen molar-refractivity contribution < 1.29 is 23.8 Å². The number of nitrogens with zero attached hydrogens (tertiary/aromatic N) is 1. The molecule has 0 bridgehead atoms. The fraction of sp³-hybridized carbons (Fsp3) is 0.500. The average Bonchev–Trinajstić information content (AvgIpc) is 3.24. The molecule has 0 saturated carbocycles. The minimum atomic E-state index is -0.563. The zero-order valence-electron chi connectivity index (χ0n) is 17.4. The maximum Gasteiger partial charge on any atom is 0.357 e. The molecule has 1 aromatic heterocycles. The van der Waals surface area contributed by atoms with Crippen LogP contribution in [-0.2, 0) is 11.2 Å². The van der Waals surface area contributed by atoms with Crippen LogP contribution in [0.25, 0.3) is 0 Å². The SMILES string of the molecule is CCCCCCCCc1ccc(OCC(=O)c2nc(C(=O)OC)cs2)cc1OC. The zero-order chi connectivity index (χ0) is 21.1. The largest absolute Gasteiger partial charge is 0.496 e. The Labute approximate surface area is 176 Å². The molecule has 0 radical (unpaired) electrons. The van der Waals surface area contributed by atoms with Crippen molar-refractivity contribution in [1.82, 2.24) is 4.98 Å². The van der Waals surface area contributed by atoms with Gasteiger partial charge in [-0.3, -0.25) is 4.79 Å². The van der Waals surface area contributed by atoms with Crippen molar-refractivity contribution in [3.05, 3.63) is 39.8 Å². The van der Waals surface area contributed by atoms with E-state index in [0.717, 1.165) is 35.5 Å². The topological polar surface area (TPSA) is 74.7 Å². The quantitative estimate of drug-likeness (QED) is 0.255. The van der Waals surface area contributed by atoms with E-state index in [1.165, 1.54) is 44.6 Å². The molecule has 0 fully saturated rings. The van der Waals surface area contributed by atoms with Crippen molar-refractivity contribution in [2.75, 3.05) is 20.8 Å². The van der Waals surface area contributed by atoms with Crippen LogP contribution in [0.3, 0.4) is 0 Å². The van der Waals surface area contributed by atoms with Gasteiger partial charge in [0.15, 0.2) is 17.3 Å². The van der Waals surface area contributed by atoms with E-state index < -0.39 is 5.97 Å². The first-order valence-electron chi connectivity index (χ1n) is 9.95. The Hall–Kier alpha value is -2.41. The third kappa shape index (κ3) is 7.16. The summed E-state index contributed by atoms with van der Waals surface area (Å²) in [5, 5.41) is 1.72. The van der Waals surface area contributed by atoms with Gasteiger partial charge < -0.3 is 14.2 Å². The molecule has 2 aromatic rings. The number of ketones is 1. The van der Waals surface area contributed by atoms with Gasteiger partial charge in [-0.05, 0) is 24.5 Å². The Balaban J connectivity index is 1.86. The van der Waals surface area contributed by atoms with Crippen LogP contribution < -0.4 is 9.47 Å². The van der Waals surface area contributed by atoms with Crippen LogP contribution in [-0.4, -0.2) is 37.6 Å². The first-order valence-corrected chi connectivity index (χ1v) is 10.8. The third-order valence-corrected chi connectivity index (χ3v) is 5.45. The van der Waals surface area contributed by atoms with Crippen LogP contribution in [0.4, 0.5) is 0 Å². The van der Waals surface area contributed by atoms with Crippen molar-refractivity contribution in [1.29, 1.82) is 0 Å². The molecule has 0 N–H and O–H groups in total. The number of hydrogen-bond acceptors (Lipinski definition) is 7. The van der Waals surface area contributed by atoms with E-state index in [9.17, 15) is 9.59 Å². The summed E-state index contributed by atoms with van der Waals surface area (Å²) in [5.74, 6) is 0.476. The molecule has 2 rings (SSSR count). The lowest BCUT2D eigenvalue weighted by Gasteiger charge is -2.11. The molecule has 0 saturated heterocycles. The molecule has 158 valence electrons. The number of aryl methyl sites for hydroxylation is 1. The number of ether oxygens (including phenoxy) is 3. The number of carbonyl (C=O) groups is 2. The van der Waals surface area contributed by atoms with Crippen molar-refractivity contribution in [2.45, 2.75) is 51.9 Å². The average molecular weight is 420 g/mol. The lowest BCUT2D eigenvalue weighted by molar-refractivity contribution is 0.0595. The summed E-state index contributed by atoms with van der Waals surface area (Å²) in [7, 11) is 2.91. The molecule has 1 aromatic carbocycles. The van der Waals surface area contributed by atoms with Crippen LogP contribution in [0.1, 0.15) is 71.3 Å². The molecule has 0 aliphatic heterocycles. The lowest BCUT2D eigenvalue weighted by atomic mass is 10.0. The highest BCUT2D eigenvalue weighted by molar-refractivity contribution is 7.12. The number of hydrogen-bond donors (Lipinski definition) is 0. The molecule has 0 aliphatic rings. The monoisotopic (exact) mass is 419 g/mol. The smallest absolute Gasteiger partial charge is 0.357 e. The van der Waals surface area contributed by atoms with Crippen molar-refractivity contribution in [2.24, 2.45) is 0 Å². The van der Waals surface area contributed by atoms with Gasteiger partial charge in [0, 0.05) is 11.4 Å². The fourth-order valence-electron chi connectivity index (χ4n) is 2.93. The van der Waals surface area contributed by atoms with E-state index in [-0.39, 0.29) is 23.1 Å². The maximum atomic E-state index is 12.3. The minimum Gasteiger partial charge on any atom is -0.496 e. The van der Waals surface area contributed by atoms with Crippen molar-refractivity contribution in [3.63, 3.8) is 0 Å². The highest BCUT2D eigenvalue weighted by atomic mass is 32.1. The van der Waals surface area contributed by atoms with E-state index in [2.05, 4.69) is 16.6 Å². The normalized spacial score (nSPS) is 10.6. The van der Waals surface area contributed by atoms with Crippen LogP contribution in [0.15, 0.2) is 23.6 Å². The standard InChI is InChI=1S/C22H29NO5S/c1-4-5-6-7-8-9-10-16-11-12-17(13-20(16)26-2)28-14-19(24)21-23-18(15-29-21)22(25)27-3/h11-13,15H,4-10,14H2,1-3H3. The van der Waals surface area contributed by atoms with Gasteiger partial charge in [-0.1, -0.05) is 45.1 Å². The summed E-state index contributed by atoms with van der Waals surface area (Å²) in [6, 6.07) is 5.65. The number of rotatable bonds is 13.